The van der Waals surface area contributed by atoms with E-state index in [1.807, 2.05) is 0 Å². The molecule has 0 saturated carbocycles. The molecular weight excluding hydrogens is 682 g/mol. The van der Waals surface area contributed by atoms with Crippen molar-refractivity contribution in [2.45, 2.75) is 5.41 Å². The van der Waals surface area contributed by atoms with Gasteiger partial charge in [-0.05, 0) is 115 Å². The second-order valence-electron chi connectivity index (χ2n) is 13.8. The number of nitrogens with zero attached hydrogens (tertiary/aromatic N) is 1. The van der Waals surface area contributed by atoms with Crippen molar-refractivity contribution >= 4 is 37.7 Å². The Balaban J connectivity index is 1.11. The van der Waals surface area contributed by atoms with Crippen molar-refractivity contribution in [3.63, 3.8) is 0 Å². The van der Waals surface area contributed by atoms with Crippen LogP contribution in [0.25, 0.3) is 72.0 Å². The zero-order valence-corrected chi connectivity index (χ0v) is 29.2. The van der Waals surface area contributed by atoms with Gasteiger partial charge in [0.1, 0.15) is 0 Å². The summed E-state index contributed by atoms with van der Waals surface area (Å²) < 4.78 is 3.54. The van der Waals surface area contributed by atoms with Crippen LogP contribution in [-0.4, -0.2) is 4.57 Å². The largest absolute Gasteiger partial charge is 0.309 e. The van der Waals surface area contributed by atoms with Gasteiger partial charge in [-0.1, -0.05) is 149 Å². The standard InChI is InChI=1S/C49H30BrN/c50-35-14-10-13-33(28-35)31-11-9-12-32(27-31)34-23-26-48-42(29-34)40-18-4-8-22-47(40)51(48)36-24-25-46-41(30-36)39-17-3-7-21-45(39)49(46)43-19-5-1-15-37(43)38-16-2-6-20-44(38)49/h1-30H. The van der Waals surface area contributed by atoms with Gasteiger partial charge in [-0.25, -0.2) is 0 Å². The van der Waals surface area contributed by atoms with E-state index >= 15 is 0 Å². The maximum atomic E-state index is 3.65. The van der Waals surface area contributed by atoms with Gasteiger partial charge in [0.2, 0.25) is 0 Å². The Hall–Kier alpha value is -5.96. The lowest BCUT2D eigenvalue weighted by molar-refractivity contribution is 0.793. The molecule has 0 atom stereocenters. The molecule has 0 unspecified atom stereocenters. The van der Waals surface area contributed by atoms with Crippen molar-refractivity contribution in [1.29, 1.82) is 0 Å². The van der Waals surface area contributed by atoms with Crippen LogP contribution in [0, 0.1) is 0 Å². The summed E-state index contributed by atoms with van der Waals surface area (Å²) in [5.41, 5.74) is 18.9. The average molecular weight is 713 g/mol. The molecule has 2 aliphatic carbocycles. The molecule has 0 fully saturated rings. The van der Waals surface area contributed by atoms with Crippen molar-refractivity contribution in [2.24, 2.45) is 0 Å². The fourth-order valence-electron chi connectivity index (χ4n) is 9.20. The Morgan fingerprint density at radius 3 is 1.57 bits per heavy atom. The second-order valence-corrected chi connectivity index (χ2v) is 14.7. The van der Waals surface area contributed by atoms with Crippen LogP contribution >= 0.6 is 15.9 Å². The summed E-state index contributed by atoms with van der Waals surface area (Å²) in [6.07, 6.45) is 0. The molecule has 1 aromatic heterocycles. The lowest BCUT2D eigenvalue weighted by atomic mass is 9.70. The summed E-state index contributed by atoms with van der Waals surface area (Å²) in [4.78, 5) is 0. The van der Waals surface area contributed by atoms with E-state index in [1.54, 1.807) is 0 Å². The van der Waals surface area contributed by atoms with E-state index in [4.69, 9.17) is 0 Å². The number of para-hydroxylation sites is 1. The van der Waals surface area contributed by atoms with Crippen LogP contribution in [0.4, 0.5) is 0 Å². The van der Waals surface area contributed by atoms with Gasteiger partial charge in [0.25, 0.3) is 0 Å². The maximum Gasteiger partial charge on any atom is 0.0725 e. The van der Waals surface area contributed by atoms with Crippen molar-refractivity contribution < 1.29 is 0 Å². The van der Waals surface area contributed by atoms with E-state index in [2.05, 4.69) is 202 Å². The van der Waals surface area contributed by atoms with Gasteiger partial charge in [-0.3, -0.25) is 0 Å². The Labute approximate surface area is 305 Å². The van der Waals surface area contributed by atoms with Crippen LogP contribution in [0.3, 0.4) is 0 Å². The minimum absolute atomic E-state index is 0.336. The molecule has 0 aliphatic heterocycles. The number of hydrogen-bond acceptors (Lipinski definition) is 0. The van der Waals surface area contributed by atoms with Crippen molar-refractivity contribution in [3.8, 4) is 50.2 Å². The van der Waals surface area contributed by atoms with Gasteiger partial charge in [0.05, 0.1) is 16.4 Å². The highest BCUT2D eigenvalue weighted by Crippen LogP contribution is 2.62. The van der Waals surface area contributed by atoms with E-state index in [1.165, 1.54) is 94.3 Å². The number of benzene rings is 8. The van der Waals surface area contributed by atoms with Crippen molar-refractivity contribution in [2.75, 3.05) is 0 Å². The van der Waals surface area contributed by atoms with Crippen LogP contribution in [-0.2, 0) is 5.41 Å². The summed E-state index contributed by atoms with van der Waals surface area (Å²) >= 11 is 3.65. The molecule has 0 N–H and O–H groups in total. The van der Waals surface area contributed by atoms with Crippen LogP contribution in [0.1, 0.15) is 22.3 Å². The maximum absolute atomic E-state index is 3.65. The number of aromatic nitrogens is 1. The Morgan fingerprint density at radius 2 is 0.882 bits per heavy atom. The Kier molecular flexibility index (Phi) is 6.09. The van der Waals surface area contributed by atoms with Crippen LogP contribution in [0.5, 0.6) is 0 Å². The Bertz CT molecular complexity index is 2850. The molecule has 238 valence electrons. The number of fused-ring (bicyclic) bond motifs is 13. The van der Waals surface area contributed by atoms with Crippen molar-refractivity contribution in [1.82, 2.24) is 4.57 Å². The third-order valence-electron chi connectivity index (χ3n) is 11.3. The molecule has 8 aromatic carbocycles. The smallest absolute Gasteiger partial charge is 0.0725 e. The number of rotatable bonds is 3. The molecule has 1 heterocycles. The topological polar surface area (TPSA) is 4.93 Å². The third kappa shape index (κ3) is 3.97. The zero-order valence-electron chi connectivity index (χ0n) is 27.6. The average Bonchev–Trinajstić information content (AvgIpc) is 3.79. The molecule has 2 heteroatoms. The third-order valence-corrected chi connectivity index (χ3v) is 11.8. The first kappa shape index (κ1) is 28.8. The quantitative estimate of drug-likeness (QED) is 0.172. The van der Waals surface area contributed by atoms with Gasteiger partial charge < -0.3 is 4.57 Å². The summed E-state index contributed by atoms with van der Waals surface area (Å²) in [6, 6.07) is 67.4. The SMILES string of the molecule is Brc1cccc(-c2cccc(-c3ccc4c(c3)c3ccccc3n4-c3ccc4c(c3)-c3ccccc3C43c4ccccc4-c4ccccc43)c2)c1. The predicted molar refractivity (Wildman–Crippen MR) is 216 cm³/mol. The normalized spacial score (nSPS) is 13.4. The fraction of sp³-hybridized carbons (Fsp3) is 0.0204. The molecular formula is C49H30BrN. The first-order valence-electron chi connectivity index (χ1n) is 17.5. The van der Waals surface area contributed by atoms with Crippen LogP contribution in [0.15, 0.2) is 186 Å². The lowest BCUT2D eigenvalue weighted by Crippen LogP contribution is -2.25. The van der Waals surface area contributed by atoms with Gasteiger partial charge >= 0.3 is 0 Å². The first-order chi connectivity index (χ1) is 25.2. The monoisotopic (exact) mass is 711 g/mol. The summed E-state index contributed by atoms with van der Waals surface area (Å²) in [5, 5.41) is 2.51. The van der Waals surface area contributed by atoms with Crippen LogP contribution in [0.2, 0.25) is 0 Å². The van der Waals surface area contributed by atoms with Gasteiger partial charge in [-0.15, -0.1) is 0 Å². The molecule has 11 rings (SSSR count). The lowest BCUT2D eigenvalue weighted by Gasteiger charge is -2.30. The van der Waals surface area contributed by atoms with Gasteiger partial charge in [0, 0.05) is 20.9 Å². The second kappa shape index (κ2) is 10.8. The highest BCUT2D eigenvalue weighted by Gasteiger charge is 2.51. The first-order valence-corrected chi connectivity index (χ1v) is 18.3. The molecule has 0 amide bonds. The van der Waals surface area contributed by atoms with Crippen molar-refractivity contribution in [3.05, 3.63) is 209 Å². The summed E-state index contributed by atoms with van der Waals surface area (Å²) in [7, 11) is 0. The number of hydrogen-bond donors (Lipinski definition) is 0. The molecule has 2 aliphatic rings. The van der Waals surface area contributed by atoms with Gasteiger partial charge in [0.15, 0.2) is 0 Å². The zero-order chi connectivity index (χ0) is 33.7. The molecule has 0 bridgehead atoms. The fourth-order valence-corrected chi connectivity index (χ4v) is 9.60. The minimum atomic E-state index is -0.336. The molecule has 1 nitrogen and oxygen atoms in total. The highest BCUT2D eigenvalue weighted by molar-refractivity contribution is 9.10. The Morgan fingerprint density at radius 1 is 0.353 bits per heavy atom. The molecule has 51 heavy (non-hydrogen) atoms. The predicted octanol–water partition coefficient (Wildman–Crippen LogP) is 13.2. The highest BCUT2D eigenvalue weighted by atomic mass is 79.9. The summed E-state index contributed by atoms with van der Waals surface area (Å²) in [6.45, 7) is 0. The van der Waals surface area contributed by atoms with E-state index in [0.717, 1.165) is 4.47 Å². The van der Waals surface area contributed by atoms with E-state index in [-0.39, 0.29) is 5.41 Å². The van der Waals surface area contributed by atoms with Gasteiger partial charge in [-0.2, -0.15) is 0 Å². The molecule has 9 aromatic rings. The van der Waals surface area contributed by atoms with E-state index < -0.39 is 0 Å². The summed E-state index contributed by atoms with van der Waals surface area (Å²) in [5.74, 6) is 0. The minimum Gasteiger partial charge on any atom is -0.309 e. The number of halogens is 1. The molecule has 0 radical (unpaired) electrons. The molecule has 1 spiro atoms. The molecule has 0 saturated heterocycles. The van der Waals surface area contributed by atoms with Crippen LogP contribution < -0.4 is 0 Å². The van der Waals surface area contributed by atoms with E-state index in [0.29, 0.717) is 0 Å². The van der Waals surface area contributed by atoms with E-state index in [9.17, 15) is 0 Å².